The largest absolute Gasteiger partial charge is 0.355 e. The molecule has 0 saturated heterocycles. The fourth-order valence-electron chi connectivity index (χ4n) is 1.81. The lowest BCUT2D eigenvalue weighted by molar-refractivity contribution is -0.122. The predicted octanol–water partition coefficient (Wildman–Crippen LogP) is 1.46. The Morgan fingerprint density at radius 2 is 2.33 bits per heavy atom. The SMILES string of the molecule is CCNC(=O)C(C)NCC1CC=CCC1. The number of likely N-dealkylation sites (N-methyl/N-ethyl adjacent to an activating group) is 1. The zero-order valence-corrected chi connectivity index (χ0v) is 9.75. The summed E-state index contributed by atoms with van der Waals surface area (Å²) in [5.41, 5.74) is 0. The van der Waals surface area contributed by atoms with Crippen LogP contribution in [-0.2, 0) is 4.79 Å². The van der Waals surface area contributed by atoms with Gasteiger partial charge in [-0.1, -0.05) is 12.2 Å². The molecule has 0 radical (unpaired) electrons. The van der Waals surface area contributed by atoms with Crippen LogP contribution in [0.15, 0.2) is 12.2 Å². The van der Waals surface area contributed by atoms with E-state index in [2.05, 4.69) is 22.8 Å². The maximum absolute atomic E-state index is 11.4. The second kappa shape index (κ2) is 6.62. The van der Waals surface area contributed by atoms with Crippen molar-refractivity contribution in [3.63, 3.8) is 0 Å². The van der Waals surface area contributed by atoms with Gasteiger partial charge >= 0.3 is 0 Å². The van der Waals surface area contributed by atoms with Gasteiger partial charge in [0, 0.05) is 6.54 Å². The summed E-state index contributed by atoms with van der Waals surface area (Å²) in [4.78, 5) is 11.4. The molecule has 1 rings (SSSR count). The quantitative estimate of drug-likeness (QED) is 0.674. The number of carbonyl (C=O) groups is 1. The first-order chi connectivity index (χ1) is 7.24. The van der Waals surface area contributed by atoms with Crippen molar-refractivity contribution in [1.82, 2.24) is 10.6 Å². The normalized spacial score (nSPS) is 22.4. The lowest BCUT2D eigenvalue weighted by atomic mass is 9.94. The third-order valence-electron chi connectivity index (χ3n) is 2.83. The molecule has 1 aliphatic carbocycles. The highest BCUT2D eigenvalue weighted by molar-refractivity contribution is 5.81. The van der Waals surface area contributed by atoms with Gasteiger partial charge in [0.05, 0.1) is 6.04 Å². The predicted molar refractivity (Wildman–Crippen MR) is 62.6 cm³/mol. The lowest BCUT2D eigenvalue weighted by Crippen LogP contribution is -2.43. The third-order valence-corrected chi connectivity index (χ3v) is 2.83. The van der Waals surface area contributed by atoms with Crippen LogP contribution in [0.4, 0.5) is 0 Å². The molecule has 2 unspecified atom stereocenters. The summed E-state index contributed by atoms with van der Waals surface area (Å²) in [7, 11) is 0. The van der Waals surface area contributed by atoms with Gasteiger partial charge in [-0.3, -0.25) is 4.79 Å². The third kappa shape index (κ3) is 4.47. The highest BCUT2D eigenvalue weighted by Crippen LogP contribution is 2.16. The van der Waals surface area contributed by atoms with Gasteiger partial charge in [-0.25, -0.2) is 0 Å². The fourth-order valence-corrected chi connectivity index (χ4v) is 1.81. The van der Waals surface area contributed by atoms with Gasteiger partial charge in [0.2, 0.25) is 5.91 Å². The molecule has 0 aromatic carbocycles. The van der Waals surface area contributed by atoms with E-state index in [1.165, 1.54) is 12.8 Å². The maximum Gasteiger partial charge on any atom is 0.236 e. The summed E-state index contributed by atoms with van der Waals surface area (Å²) >= 11 is 0. The van der Waals surface area contributed by atoms with Crippen molar-refractivity contribution in [2.24, 2.45) is 5.92 Å². The minimum atomic E-state index is -0.0733. The van der Waals surface area contributed by atoms with Gasteiger partial charge in [-0.05, 0) is 45.6 Å². The van der Waals surface area contributed by atoms with Gasteiger partial charge in [-0.15, -0.1) is 0 Å². The fraction of sp³-hybridized carbons (Fsp3) is 0.750. The number of rotatable bonds is 5. The minimum Gasteiger partial charge on any atom is -0.355 e. The standard InChI is InChI=1S/C12H22N2O/c1-3-13-12(15)10(2)14-9-11-7-5-4-6-8-11/h4-5,10-11,14H,3,6-9H2,1-2H3,(H,13,15). The van der Waals surface area contributed by atoms with Crippen LogP contribution in [0.25, 0.3) is 0 Å². The Hall–Kier alpha value is -0.830. The van der Waals surface area contributed by atoms with Gasteiger partial charge in [-0.2, -0.15) is 0 Å². The topological polar surface area (TPSA) is 41.1 Å². The monoisotopic (exact) mass is 210 g/mol. The molecule has 0 aliphatic heterocycles. The Balaban J connectivity index is 2.18. The molecule has 2 atom stereocenters. The van der Waals surface area contributed by atoms with Crippen molar-refractivity contribution in [3.05, 3.63) is 12.2 Å². The number of amides is 1. The van der Waals surface area contributed by atoms with Crippen LogP contribution in [-0.4, -0.2) is 25.0 Å². The first-order valence-electron chi connectivity index (χ1n) is 5.90. The average Bonchev–Trinajstić information content (AvgIpc) is 2.27. The van der Waals surface area contributed by atoms with E-state index in [4.69, 9.17) is 0 Å². The van der Waals surface area contributed by atoms with Crippen LogP contribution < -0.4 is 10.6 Å². The van der Waals surface area contributed by atoms with Crippen LogP contribution in [0.5, 0.6) is 0 Å². The Kier molecular flexibility index (Phi) is 5.40. The van der Waals surface area contributed by atoms with Crippen molar-refractivity contribution >= 4 is 5.91 Å². The molecular weight excluding hydrogens is 188 g/mol. The Morgan fingerprint density at radius 3 is 2.93 bits per heavy atom. The van der Waals surface area contributed by atoms with Crippen LogP contribution >= 0.6 is 0 Å². The maximum atomic E-state index is 11.4. The van der Waals surface area contributed by atoms with E-state index in [1.54, 1.807) is 0 Å². The zero-order valence-electron chi connectivity index (χ0n) is 9.75. The summed E-state index contributed by atoms with van der Waals surface area (Å²) in [6.07, 6.45) is 8.05. The first-order valence-corrected chi connectivity index (χ1v) is 5.90. The highest BCUT2D eigenvalue weighted by atomic mass is 16.2. The number of hydrogen-bond acceptors (Lipinski definition) is 2. The summed E-state index contributed by atoms with van der Waals surface area (Å²) in [5.74, 6) is 0.802. The highest BCUT2D eigenvalue weighted by Gasteiger charge is 2.14. The molecule has 86 valence electrons. The summed E-state index contributed by atoms with van der Waals surface area (Å²) < 4.78 is 0. The van der Waals surface area contributed by atoms with Crippen LogP contribution in [0.3, 0.4) is 0 Å². The van der Waals surface area contributed by atoms with E-state index >= 15 is 0 Å². The molecule has 3 nitrogen and oxygen atoms in total. The molecule has 0 aromatic heterocycles. The van der Waals surface area contributed by atoms with Crippen molar-refractivity contribution in [3.8, 4) is 0 Å². The molecule has 0 aromatic rings. The second-order valence-corrected chi connectivity index (χ2v) is 4.17. The van der Waals surface area contributed by atoms with E-state index in [9.17, 15) is 4.79 Å². The van der Waals surface area contributed by atoms with Crippen molar-refractivity contribution < 1.29 is 4.79 Å². The zero-order chi connectivity index (χ0) is 11.1. The van der Waals surface area contributed by atoms with Crippen LogP contribution in [0, 0.1) is 5.92 Å². The van der Waals surface area contributed by atoms with Gasteiger partial charge in [0.1, 0.15) is 0 Å². The average molecular weight is 210 g/mol. The van der Waals surface area contributed by atoms with E-state index < -0.39 is 0 Å². The van der Waals surface area contributed by atoms with Gasteiger partial charge < -0.3 is 10.6 Å². The lowest BCUT2D eigenvalue weighted by Gasteiger charge is -2.20. The van der Waals surface area contributed by atoms with Crippen molar-refractivity contribution in [2.75, 3.05) is 13.1 Å². The molecule has 2 N–H and O–H groups in total. The molecule has 1 amide bonds. The molecule has 1 aliphatic rings. The Morgan fingerprint density at radius 1 is 1.53 bits per heavy atom. The first kappa shape index (κ1) is 12.2. The summed E-state index contributed by atoms with van der Waals surface area (Å²) in [5, 5.41) is 6.11. The molecule has 0 saturated carbocycles. The summed E-state index contributed by atoms with van der Waals surface area (Å²) in [6.45, 7) is 5.51. The molecular formula is C12H22N2O. The number of allylic oxidation sites excluding steroid dienone is 2. The molecule has 0 fully saturated rings. The van der Waals surface area contributed by atoms with Crippen LogP contribution in [0.1, 0.15) is 33.1 Å². The van der Waals surface area contributed by atoms with Crippen molar-refractivity contribution in [2.45, 2.75) is 39.2 Å². The summed E-state index contributed by atoms with van der Waals surface area (Å²) in [6, 6.07) is -0.0733. The molecule has 0 spiro atoms. The van der Waals surface area contributed by atoms with Crippen LogP contribution in [0.2, 0.25) is 0 Å². The van der Waals surface area contributed by atoms with E-state index in [-0.39, 0.29) is 11.9 Å². The Bertz CT molecular complexity index is 226. The van der Waals surface area contributed by atoms with Gasteiger partial charge in [0.15, 0.2) is 0 Å². The molecule has 3 heteroatoms. The van der Waals surface area contributed by atoms with Gasteiger partial charge in [0.25, 0.3) is 0 Å². The van der Waals surface area contributed by atoms with E-state index in [0.717, 1.165) is 13.0 Å². The second-order valence-electron chi connectivity index (χ2n) is 4.17. The smallest absolute Gasteiger partial charge is 0.236 e. The minimum absolute atomic E-state index is 0.0733. The van der Waals surface area contributed by atoms with E-state index in [0.29, 0.717) is 12.5 Å². The Labute approximate surface area is 92.3 Å². The number of nitrogens with one attached hydrogen (secondary N) is 2. The number of hydrogen-bond donors (Lipinski definition) is 2. The molecule has 0 heterocycles. The van der Waals surface area contributed by atoms with Crippen molar-refractivity contribution in [1.29, 1.82) is 0 Å². The van der Waals surface area contributed by atoms with E-state index in [1.807, 2.05) is 13.8 Å². The molecule has 0 bridgehead atoms. The number of carbonyl (C=O) groups excluding carboxylic acids is 1. The molecule has 15 heavy (non-hydrogen) atoms.